The molecule has 120 valence electrons. The molecule has 3 nitrogen and oxygen atoms in total. The van der Waals surface area contributed by atoms with Crippen LogP contribution in [0.5, 0.6) is 0 Å². The molecule has 1 aromatic heterocycles. The zero-order valence-corrected chi connectivity index (χ0v) is 13.9. The van der Waals surface area contributed by atoms with E-state index in [-0.39, 0.29) is 17.7 Å². The first-order valence-electron chi connectivity index (χ1n) is 8.02. The van der Waals surface area contributed by atoms with Gasteiger partial charge in [-0.05, 0) is 39.2 Å². The van der Waals surface area contributed by atoms with Crippen LogP contribution in [0.2, 0.25) is 0 Å². The molecule has 0 aliphatic carbocycles. The summed E-state index contributed by atoms with van der Waals surface area (Å²) < 4.78 is 0. The van der Waals surface area contributed by atoms with E-state index < -0.39 is 0 Å². The molecule has 1 aliphatic rings. The largest absolute Gasteiger partial charge is 0.337 e. The van der Waals surface area contributed by atoms with Crippen molar-refractivity contribution in [1.29, 1.82) is 0 Å². The van der Waals surface area contributed by atoms with Crippen LogP contribution in [0.15, 0.2) is 59.3 Å². The van der Waals surface area contributed by atoms with Gasteiger partial charge in [0, 0.05) is 30.5 Å². The lowest BCUT2D eigenvalue weighted by molar-refractivity contribution is -0.111. The average Bonchev–Trinajstić information content (AvgIpc) is 3.29. The van der Waals surface area contributed by atoms with Gasteiger partial charge < -0.3 is 9.69 Å². The highest BCUT2D eigenvalue weighted by atomic mass is 32.1. The van der Waals surface area contributed by atoms with Crippen LogP contribution < -0.4 is 0 Å². The number of thiophene rings is 1. The van der Waals surface area contributed by atoms with Crippen LogP contribution in [-0.4, -0.2) is 30.2 Å². The minimum Gasteiger partial charge on any atom is -0.337 e. The third-order valence-electron chi connectivity index (χ3n) is 4.82. The smallest absolute Gasteiger partial charge is 0.254 e. The van der Waals surface area contributed by atoms with Crippen molar-refractivity contribution in [3.8, 4) is 0 Å². The van der Waals surface area contributed by atoms with Gasteiger partial charge >= 0.3 is 0 Å². The van der Waals surface area contributed by atoms with Crippen LogP contribution in [0.4, 0.5) is 0 Å². The second kappa shape index (κ2) is 6.21. The van der Waals surface area contributed by atoms with Crippen LogP contribution in [0.1, 0.15) is 21.8 Å². The topological polar surface area (TPSA) is 37.4 Å². The maximum atomic E-state index is 13.1. The molecule has 1 amide bonds. The van der Waals surface area contributed by atoms with E-state index in [2.05, 4.69) is 11.4 Å². The van der Waals surface area contributed by atoms with Gasteiger partial charge in [-0.15, -0.1) is 0 Å². The van der Waals surface area contributed by atoms with Crippen molar-refractivity contribution in [1.82, 2.24) is 4.90 Å². The Labute approximate surface area is 144 Å². The van der Waals surface area contributed by atoms with E-state index in [0.717, 1.165) is 22.6 Å². The average molecular weight is 335 g/mol. The van der Waals surface area contributed by atoms with E-state index in [4.69, 9.17) is 0 Å². The molecule has 3 aromatic rings. The number of carbonyl (C=O) groups excluding carboxylic acids is 2. The maximum absolute atomic E-state index is 13.1. The zero-order valence-electron chi connectivity index (χ0n) is 13.1. The number of rotatable bonds is 3. The summed E-state index contributed by atoms with van der Waals surface area (Å²) in [7, 11) is 0. The fraction of sp³-hybridized carbons (Fsp3) is 0.200. The van der Waals surface area contributed by atoms with E-state index in [1.54, 1.807) is 11.3 Å². The molecule has 0 radical (unpaired) electrons. The van der Waals surface area contributed by atoms with Crippen LogP contribution in [0.25, 0.3) is 10.8 Å². The molecule has 0 bridgehead atoms. The van der Waals surface area contributed by atoms with E-state index in [9.17, 15) is 9.59 Å². The number of hydrogen-bond donors (Lipinski definition) is 0. The summed E-state index contributed by atoms with van der Waals surface area (Å²) >= 11 is 1.63. The fourth-order valence-electron chi connectivity index (χ4n) is 3.55. The standard InChI is InChI=1S/C20H17NO2S/c22-12-16-10-21(11-19(16)15-8-9-24-13-15)20(23)18-7-3-5-14-4-1-2-6-17(14)18/h1-9,12-13,16,19H,10-11H2. The predicted octanol–water partition coefficient (Wildman–Crippen LogP) is 3.96. The number of amides is 1. The summed E-state index contributed by atoms with van der Waals surface area (Å²) in [4.78, 5) is 26.4. The lowest BCUT2D eigenvalue weighted by atomic mass is 9.92. The number of aldehydes is 1. The van der Waals surface area contributed by atoms with E-state index >= 15 is 0 Å². The third-order valence-corrected chi connectivity index (χ3v) is 5.52. The van der Waals surface area contributed by atoms with Crippen molar-refractivity contribution in [2.75, 3.05) is 13.1 Å². The second-order valence-corrected chi connectivity index (χ2v) is 6.98. The summed E-state index contributed by atoms with van der Waals surface area (Å²) in [5.74, 6) is -0.0115. The van der Waals surface area contributed by atoms with Crippen molar-refractivity contribution in [3.05, 3.63) is 70.4 Å². The second-order valence-electron chi connectivity index (χ2n) is 6.20. The van der Waals surface area contributed by atoms with Crippen LogP contribution in [0, 0.1) is 5.92 Å². The number of nitrogens with zero attached hydrogens (tertiary/aromatic N) is 1. The first-order chi connectivity index (χ1) is 11.8. The Kier molecular flexibility index (Phi) is 3.90. The Morgan fingerprint density at radius 3 is 2.71 bits per heavy atom. The quantitative estimate of drug-likeness (QED) is 0.680. The molecule has 2 atom stereocenters. The van der Waals surface area contributed by atoms with Crippen molar-refractivity contribution in [3.63, 3.8) is 0 Å². The number of likely N-dealkylation sites (tertiary alicyclic amines) is 1. The number of hydrogen-bond acceptors (Lipinski definition) is 3. The lowest BCUT2D eigenvalue weighted by Crippen LogP contribution is -2.29. The van der Waals surface area contributed by atoms with Crippen molar-refractivity contribution in [2.24, 2.45) is 5.92 Å². The predicted molar refractivity (Wildman–Crippen MR) is 96.5 cm³/mol. The Bertz CT molecular complexity index is 882. The van der Waals surface area contributed by atoms with Gasteiger partial charge in [0.05, 0.1) is 0 Å². The van der Waals surface area contributed by atoms with Crippen molar-refractivity contribution >= 4 is 34.3 Å². The van der Waals surface area contributed by atoms with Crippen LogP contribution in [-0.2, 0) is 4.79 Å². The highest BCUT2D eigenvalue weighted by molar-refractivity contribution is 7.08. The fourth-order valence-corrected chi connectivity index (χ4v) is 4.28. The molecular formula is C20H17NO2S. The Balaban J connectivity index is 1.66. The van der Waals surface area contributed by atoms with E-state index in [1.807, 2.05) is 52.7 Å². The summed E-state index contributed by atoms with van der Waals surface area (Å²) in [6.07, 6.45) is 0.999. The Morgan fingerprint density at radius 1 is 1.08 bits per heavy atom. The Morgan fingerprint density at radius 2 is 1.92 bits per heavy atom. The molecule has 0 spiro atoms. The molecular weight excluding hydrogens is 318 g/mol. The summed E-state index contributed by atoms with van der Waals surface area (Å²) in [6, 6.07) is 15.8. The van der Waals surface area contributed by atoms with Gasteiger partial charge in [0.15, 0.2) is 0 Å². The molecule has 2 heterocycles. The summed E-state index contributed by atoms with van der Waals surface area (Å²) in [5.41, 5.74) is 1.87. The minimum absolute atomic E-state index is 0.0105. The number of benzene rings is 2. The van der Waals surface area contributed by atoms with Crippen LogP contribution >= 0.6 is 11.3 Å². The Hall–Kier alpha value is -2.46. The highest BCUT2D eigenvalue weighted by Gasteiger charge is 2.36. The van der Waals surface area contributed by atoms with Gasteiger partial charge in [0.2, 0.25) is 0 Å². The van der Waals surface area contributed by atoms with Gasteiger partial charge in [0.25, 0.3) is 5.91 Å². The highest BCUT2D eigenvalue weighted by Crippen LogP contribution is 2.34. The van der Waals surface area contributed by atoms with Gasteiger partial charge in [-0.2, -0.15) is 11.3 Å². The van der Waals surface area contributed by atoms with Crippen LogP contribution in [0.3, 0.4) is 0 Å². The van der Waals surface area contributed by atoms with E-state index in [0.29, 0.717) is 18.7 Å². The zero-order chi connectivity index (χ0) is 16.5. The number of carbonyl (C=O) groups is 2. The van der Waals surface area contributed by atoms with Gasteiger partial charge in [-0.3, -0.25) is 4.79 Å². The SMILES string of the molecule is O=CC1CN(C(=O)c2cccc3ccccc23)CC1c1ccsc1. The van der Waals surface area contributed by atoms with Crippen molar-refractivity contribution < 1.29 is 9.59 Å². The molecule has 1 fully saturated rings. The first-order valence-corrected chi connectivity index (χ1v) is 8.96. The molecule has 2 unspecified atom stereocenters. The molecule has 1 saturated heterocycles. The monoisotopic (exact) mass is 335 g/mol. The molecule has 0 saturated carbocycles. The van der Waals surface area contributed by atoms with E-state index in [1.165, 1.54) is 0 Å². The molecule has 4 rings (SSSR count). The first kappa shape index (κ1) is 15.1. The van der Waals surface area contributed by atoms with Gasteiger partial charge in [0.1, 0.15) is 6.29 Å². The molecule has 1 aliphatic heterocycles. The molecule has 24 heavy (non-hydrogen) atoms. The molecule has 4 heteroatoms. The molecule has 2 aromatic carbocycles. The summed E-state index contributed by atoms with van der Waals surface area (Å²) in [6.45, 7) is 1.09. The minimum atomic E-state index is -0.126. The normalized spacial score (nSPS) is 20.4. The van der Waals surface area contributed by atoms with Gasteiger partial charge in [-0.25, -0.2) is 0 Å². The van der Waals surface area contributed by atoms with Gasteiger partial charge in [-0.1, -0.05) is 36.4 Å². The number of fused-ring (bicyclic) bond motifs is 1. The third kappa shape index (κ3) is 2.53. The lowest BCUT2D eigenvalue weighted by Gasteiger charge is -2.17. The molecule has 0 N–H and O–H groups in total. The van der Waals surface area contributed by atoms with Crippen molar-refractivity contribution in [2.45, 2.75) is 5.92 Å². The summed E-state index contributed by atoms with van der Waals surface area (Å²) in [5, 5.41) is 6.12. The maximum Gasteiger partial charge on any atom is 0.254 e.